The Bertz CT molecular complexity index is 243. The molecule has 6 heteroatoms. The van der Waals surface area contributed by atoms with E-state index < -0.39 is 5.97 Å². The van der Waals surface area contributed by atoms with Gasteiger partial charge in [0, 0.05) is 12.3 Å². The number of hydrogen-bond donors (Lipinski definition) is 2. The van der Waals surface area contributed by atoms with Crippen molar-refractivity contribution in [1.29, 1.82) is 0 Å². The molecule has 0 radical (unpaired) electrons. The van der Waals surface area contributed by atoms with Crippen molar-refractivity contribution >= 4 is 23.6 Å². The summed E-state index contributed by atoms with van der Waals surface area (Å²) in [5.74, 6) is 0.397. The van der Waals surface area contributed by atoms with Gasteiger partial charge in [-0.15, -0.1) is 11.8 Å². The van der Waals surface area contributed by atoms with Crippen molar-refractivity contribution in [3.63, 3.8) is 0 Å². The van der Waals surface area contributed by atoms with E-state index in [1.807, 2.05) is 0 Å². The summed E-state index contributed by atoms with van der Waals surface area (Å²) in [6.07, 6.45) is 2.43. The molecule has 1 fully saturated rings. The van der Waals surface area contributed by atoms with Crippen molar-refractivity contribution < 1.29 is 19.4 Å². The van der Waals surface area contributed by atoms with Crippen molar-refractivity contribution in [2.75, 3.05) is 31.3 Å². The largest absolute Gasteiger partial charge is 0.481 e. The SMILES string of the molecule is O=C(O)CSCCNC(=O)COCC1CC1. The molecule has 0 saturated heterocycles. The van der Waals surface area contributed by atoms with E-state index in [9.17, 15) is 9.59 Å². The molecular weight excluding hydrogens is 230 g/mol. The average molecular weight is 247 g/mol. The average Bonchev–Trinajstić information content (AvgIpc) is 3.00. The molecule has 1 rings (SSSR count). The predicted molar refractivity (Wildman–Crippen MR) is 61.5 cm³/mol. The van der Waals surface area contributed by atoms with Crippen LogP contribution in [0.25, 0.3) is 0 Å². The number of nitrogens with one attached hydrogen (secondary N) is 1. The molecule has 5 nitrogen and oxygen atoms in total. The highest BCUT2D eigenvalue weighted by Crippen LogP contribution is 2.28. The minimum Gasteiger partial charge on any atom is -0.481 e. The fraction of sp³-hybridized carbons (Fsp3) is 0.800. The van der Waals surface area contributed by atoms with Crippen LogP contribution >= 0.6 is 11.8 Å². The van der Waals surface area contributed by atoms with Crippen molar-refractivity contribution in [2.24, 2.45) is 5.92 Å². The van der Waals surface area contributed by atoms with E-state index >= 15 is 0 Å². The third kappa shape index (κ3) is 7.53. The zero-order valence-electron chi connectivity index (χ0n) is 9.11. The molecule has 1 saturated carbocycles. The first-order chi connectivity index (χ1) is 7.68. The van der Waals surface area contributed by atoms with Crippen LogP contribution in [0.4, 0.5) is 0 Å². The lowest BCUT2D eigenvalue weighted by molar-refractivity contribution is -0.134. The fourth-order valence-corrected chi connectivity index (χ4v) is 1.64. The number of thioether (sulfide) groups is 1. The number of amides is 1. The minimum atomic E-state index is -0.830. The smallest absolute Gasteiger partial charge is 0.313 e. The Morgan fingerprint density at radius 2 is 2.19 bits per heavy atom. The Hall–Kier alpha value is -0.750. The maximum atomic E-state index is 11.2. The summed E-state index contributed by atoms with van der Waals surface area (Å²) in [4.78, 5) is 21.4. The zero-order valence-corrected chi connectivity index (χ0v) is 9.92. The van der Waals surface area contributed by atoms with Crippen LogP contribution in [-0.4, -0.2) is 48.2 Å². The Morgan fingerprint density at radius 1 is 1.44 bits per heavy atom. The van der Waals surface area contributed by atoms with Crippen LogP contribution in [0.15, 0.2) is 0 Å². The second kappa shape index (κ2) is 7.51. The van der Waals surface area contributed by atoms with Gasteiger partial charge in [-0.2, -0.15) is 0 Å². The summed E-state index contributed by atoms with van der Waals surface area (Å²) in [6, 6.07) is 0. The van der Waals surface area contributed by atoms with E-state index in [-0.39, 0.29) is 18.3 Å². The summed E-state index contributed by atoms with van der Waals surface area (Å²) >= 11 is 1.29. The van der Waals surface area contributed by atoms with Crippen LogP contribution in [0, 0.1) is 5.92 Å². The van der Waals surface area contributed by atoms with Gasteiger partial charge in [-0.05, 0) is 18.8 Å². The monoisotopic (exact) mass is 247 g/mol. The van der Waals surface area contributed by atoms with Gasteiger partial charge >= 0.3 is 5.97 Å². The highest BCUT2D eigenvalue weighted by molar-refractivity contribution is 7.99. The number of carboxylic acid groups (broad SMARTS) is 1. The molecule has 0 aromatic heterocycles. The van der Waals surface area contributed by atoms with E-state index in [1.54, 1.807) is 0 Å². The number of carbonyl (C=O) groups excluding carboxylic acids is 1. The molecule has 0 unspecified atom stereocenters. The Balaban J connectivity index is 1.83. The van der Waals surface area contributed by atoms with Crippen molar-refractivity contribution in [3.8, 4) is 0 Å². The van der Waals surface area contributed by atoms with Gasteiger partial charge in [-0.25, -0.2) is 0 Å². The zero-order chi connectivity index (χ0) is 11.8. The van der Waals surface area contributed by atoms with Gasteiger partial charge in [-0.3, -0.25) is 9.59 Å². The number of rotatable bonds is 9. The summed E-state index contributed by atoms with van der Waals surface area (Å²) in [5.41, 5.74) is 0. The lowest BCUT2D eigenvalue weighted by atomic mass is 10.5. The highest BCUT2D eigenvalue weighted by Gasteiger charge is 2.21. The van der Waals surface area contributed by atoms with Crippen LogP contribution < -0.4 is 5.32 Å². The predicted octanol–water partition coefficient (Wildman–Crippen LogP) is 0.347. The summed E-state index contributed by atoms with van der Waals surface area (Å²) < 4.78 is 5.20. The molecule has 0 atom stereocenters. The molecule has 0 aromatic carbocycles. The second-order valence-corrected chi connectivity index (χ2v) is 4.86. The molecule has 0 aromatic rings. The van der Waals surface area contributed by atoms with Gasteiger partial charge in [0.15, 0.2) is 0 Å². The summed E-state index contributed by atoms with van der Waals surface area (Å²) in [6.45, 7) is 1.28. The normalized spacial score (nSPS) is 14.8. The molecule has 92 valence electrons. The van der Waals surface area contributed by atoms with E-state index in [1.165, 1.54) is 24.6 Å². The second-order valence-electron chi connectivity index (χ2n) is 3.75. The van der Waals surface area contributed by atoms with E-state index in [0.29, 0.717) is 24.8 Å². The molecule has 0 bridgehead atoms. The van der Waals surface area contributed by atoms with Gasteiger partial charge in [0.1, 0.15) is 6.61 Å². The Morgan fingerprint density at radius 3 is 2.81 bits per heavy atom. The van der Waals surface area contributed by atoms with Gasteiger partial charge in [0.2, 0.25) is 5.91 Å². The lowest BCUT2D eigenvalue weighted by Crippen LogP contribution is -2.30. The quantitative estimate of drug-likeness (QED) is 0.575. The molecule has 0 spiro atoms. The van der Waals surface area contributed by atoms with E-state index in [2.05, 4.69) is 5.32 Å². The third-order valence-corrected chi connectivity index (χ3v) is 3.02. The minimum absolute atomic E-state index is 0.0774. The number of aliphatic carboxylic acids is 1. The topological polar surface area (TPSA) is 75.6 Å². The van der Waals surface area contributed by atoms with Gasteiger partial charge in [-0.1, -0.05) is 0 Å². The highest BCUT2D eigenvalue weighted by atomic mass is 32.2. The number of hydrogen-bond acceptors (Lipinski definition) is 4. The maximum absolute atomic E-state index is 11.2. The molecule has 1 aliphatic carbocycles. The summed E-state index contributed by atoms with van der Waals surface area (Å²) in [7, 11) is 0. The Kier molecular flexibility index (Phi) is 6.25. The maximum Gasteiger partial charge on any atom is 0.313 e. The van der Waals surface area contributed by atoms with Crippen LogP contribution in [0.5, 0.6) is 0 Å². The van der Waals surface area contributed by atoms with Gasteiger partial charge < -0.3 is 15.2 Å². The molecule has 0 aliphatic heterocycles. The standard InChI is InChI=1S/C10H17NO4S/c12-9(6-15-5-8-1-2-8)11-3-4-16-7-10(13)14/h8H,1-7H2,(H,11,12)(H,13,14). The van der Waals surface area contributed by atoms with Crippen molar-refractivity contribution in [3.05, 3.63) is 0 Å². The van der Waals surface area contributed by atoms with Gasteiger partial charge in [0.05, 0.1) is 12.4 Å². The first-order valence-electron chi connectivity index (χ1n) is 5.32. The van der Waals surface area contributed by atoms with Crippen LogP contribution in [0.1, 0.15) is 12.8 Å². The molecule has 2 N–H and O–H groups in total. The first-order valence-corrected chi connectivity index (χ1v) is 6.48. The number of ether oxygens (including phenoxy) is 1. The third-order valence-electron chi connectivity index (χ3n) is 2.08. The first kappa shape index (κ1) is 13.3. The molecule has 1 amide bonds. The van der Waals surface area contributed by atoms with Crippen molar-refractivity contribution in [1.82, 2.24) is 5.32 Å². The lowest BCUT2D eigenvalue weighted by Gasteiger charge is -2.05. The van der Waals surface area contributed by atoms with Gasteiger partial charge in [0.25, 0.3) is 0 Å². The molecule has 16 heavy (non-hydrogen) atoms. The summed E-state index contributed by atoms with van der Waals surface area (Å²) in [5, 5.41) is 11.0. The number of carboxylic acids is 1. The number of carbonyl (C=O) groups is 2. The van der Waals surface area contributed by atoms with E-state index in [0.717, 1.165) is 0 Å². The molecular formula is C10H17NO4S. The van der Waals surface area contributed by atoms with Crippen molar-refractivity contribution in [2.45, 2.75) is 12.8 Å². The molecule has 0 heterocycles. The van der Waals surface area contributed by atoms with Crippen LogP contribution in [0.2, 0.25) is 0 Å². The fourth-order valence-electron chi connectivity index (χ4n) is 1.08. The van der Waals surface area contributed by atoms with E-state index in [4.69, 9.17) is 9.84 Å². The van der Waals surface area contributed by atoms with Crippen LogP contribution in [0.3, 0.4) is 0 Å². The molecule has 1 aliphatic rings. The van der Waals surface area contributed by atoms with Crippen LogP contribution in [-0.2, 0) is 14.3 Å². The Labute approximate surface area is 98.9 Å².